The van der Waals surface area contributed by atoms with Crippen LogP contribution in [0.2, 0.25) is 0 Å². The summed E-state index contributed by atoms with van der Waals surface area (Å²) in [6, 6.07) is 5.75. The molecule has 1 atom stereocenters. The molecule has 0 radical (unpaired) electrons. The van der Waals surface area contributed by atoms with Crippen molar-refractivity contribution in [2.75, 3.05) is 25.6 Å². The van der Waals surface area contributed by atoms with E-state index in [1.807, 2.05) is 5.32 Å². The molecule has 0 saturated heterocycles. The lowest BCUT2D eigenvalue weighted by Gasteiger charge is -2.15. The Morgan fingerprint density at radius 2 is 1.82 bits per heavy atom. The predicted octanol–water partition coefficient (Wildman–Crippen LogP) is 2.98. The summed E-state index contributed by atoms with van der Waals surface area (Å²) < 4.78 is 55.4. The molecular weight excluding hydrogens is 445 g/mol. The minimum absolute atomic E-state index is 0.0870. The maximum Gasteiger partial charge on any atom is 0.339 e. The number of ether oxygens (including phenoxy) is 3. The van der Waals surface area contributed by atoms with Crippen molar-refractivity contribution in [2.24, 2.45) is 0 Å². The van der Waals surface area contributed by atoms with Crippen LogP contribution in [0.4, 0.5) is 18.9 Å². The second-order valence-electron chi connectivity index (χ2n) is 6.50. The van der Waals surface area contributed by atoms with E-state index in [0.717, 1.165) is 6.07 Å². The number of carbonyl (C=O) groups is 3. The number of rotatable bonds is 10. The van der Waals surface area contributed by atoms with Crippen LogP contribution in [0.3, 0.4) is 0 Å². The summed E-state index contributed by atoms with van der Waals surface area (Å²) in [4.78, 5) is 36.3. The molecule has 2 amide bonds. The van der Waals surface area contributed by atoms with E-state index >= 15 is 0 Å². The molecule has 1 unspecified atom stereocenters. The molecule has 0 aliphatic carbocycles. The first-order valence-electron chi connectivity index (χ1n) is 9.51. The van der Waals surface area contributed by atoms with Gasteiger partial charge in [-0.05, 0) is 37.3 Å². The van der Waals surface area contributed by atoms with Gasteiger partial charge in [-0.15, -0.1) is 0 Å². The third-order valence-electron chi connectivity index (χ3n) is 4.14. The quantitative estimate of drug-likeness (QED) is 0.317. The Morgan fingerprint density at radius 3 is 2.48 bits per heavy atom. The van der Waals surface area contributed by atoms with Gasteiger partial charge in [-0.3, -0.25) is 9.59 Å². The maximum atomic E-state index is 13.6. The number of anilines is 1. The Bertz CT molecular complexity index is 1060. The Kier molecular flexibility index (Phi) is 8.84. The highest BCUT2D eigenvalue weighted by atomic mass is 19.2. The molecule has 11 heteroatoms. The number of amides is 2. The molecule has 33 heavy (non-hydrogen) atoms. The second-order valence-corrected chi connectivity index (χ2v) is 6.50. The molecule has 2 aromatic carbocycles. The smallest absolute Gasteiger partial charge is 0.339 e. The summed E-state index contributed by atoms with van der Waals surface area (Å²) in [6.07, 6.45) is 0.254. The van der Waals surface area contributed by atoms with E-state index in [1.165, 1.54) is 38.3 Å². The third kappa shape index (κ3) is 6.73. The van der Waals surface area contributed by atoms with E-state index < -0.39 is 53.6 Å². The highest BCUT2D eigenvalue weighted by molar-refractivity contribution is 5.96. The first-order valence-corrected chi connectivity index (χ1v) is 9.51. The van der Waals surface area contributed by atoms with Crippen LogP contribution in [0.5, 0.6) is 11.5 Å². The van der Waals surface area contributed by atoms with Gasteiger partial charge >= 0.3 is 5.97 Å². The number of esters is 1. The Labute approximate surface area is 187 Å². The lowest BCUT2D eigenvalue weighted by Crippen LogP contribution is -2.40. The van der Waals surface area contributed by atoms with Crippen LogP contribution in [-0.4, -0.2) is 44.1 Å². The highest BCUT2D eigenvalue weighted by Gasteiger charge is 2.21. The zero-order chi connectivity index (χ0) is 24.5. The van der Waals surface area contributed by atoms with E-state index in [9.17, 15) is 27.6 Å². The molecule has 0 aliphatic rings. The number of methoxy groups -OCH3 is 1. The monoisotopic (exact) mass is 466 g/mol. The second kappa shape index (κ2) is 11.6. The first kappa shape index (κ1) is 25.2. The van der Waals surface area contributed by atoms with Gasteiger partial charge in [0.1, 0.15) is 6.61 Å². The molecule has 0 aliphatic heterocycles. The minimum Gasteiger partial charge on any atom is -0.493 e. The first-order chi connectivity index (χ1) is 15.7. The average molecular weight is 466 g/mol. The summed E-state index contributed by atoms with van der Waals surface area (Å²) in [5.74, 6) is -6.64. The Balaban J connectivity index is 1.91. The molecule has 0 fully saturated rings. The molecule has 0 saturated carbocycles. The molecule has 0 heterocycles. The predicted molar refractivity (Wildman–Crippen MR) is 112 cm³/mol. The molecular formula is C22H21F3N2O6. The van der Waals surface area contributed by atoms with Crippen LogP contribution in [0.15, 0.2) is 43.0 Å². The van der Waals surface area contributed by atoms with Crippen molar-refractivity contribution in [2.45, 2.75) is 13.0 Å². The fraction of sp³-hybridized carbons (Fsp3) is 0.227. The van der Waals surface area contributed by atoms with Crippen LogP contribution < -0.4 is 20.1 Å². The largest absolute Gasteiger partial charge is 0.493 e. The molecule has 8 nitrogen and oxygen atoms in total. The van der Waals surface area contributed by atoms with E-state index in [-0.39, 0.29) is 17.9 Å². The van der Waals surface area contributed by atoms with Crippen LogP contribution in [0.1, 0.15) is 17.3 Å². The van der Waals surface area contributed by atoms with Gasteiger partial charge < -0.3 is 24.8 Å². The normalized spacial score (nSPS) is 11.2. The van der Waals surface area contributed by atoms with Crippen molar-refractivity contribution >= 4 is 23.5 Å². The molecule has 2 aromatic rings. The van der Waals surface area contributed by atoms with Crippen LogP contribution in [0.25, 0.3) is 0 Å². The summed E-state index contributed by atoms with van der Waals surface area (Å²) in [7, 11) is 1.39. The summed E-state index contributed by atoms with van der Waals surface area (Å²) >= 11 is 0. The van der Waals surface area contributed by atoms with E-state index in [4.69, 9.17) is 14.2 Å². The highest BCUT2D eigenvalue weighted by Crippen LogP contribution is 2.28. The van der Waals surface area contributed by atoms with Crippen molar-refractivity contribution in [3.8, 4) is 11.5 Å². The number of hydrogen-bond acceptors (Lipinski definition) is 6. The van der Waals surface area contributed by atoms with Gasteiger partial charge in [0.25, 0.3) is 5.91 Å². The number of carbonyl (C=O) groups excluding carboxylic acids is 3. The van der Waals surface area contributed by atoms with Gasteiger partial charge in [-0.1, -0.05) is 12.7 Å². The van der Waals surface area contributed by atoms with E-state index in [1.54, 1.807) is 0 Å². The number of nitrogens with one attached hydrogen (secondary N) is 2. The zero-order valence-electron chi connectivity index (χ0n) is 17.7. The van der Waals surface area contributed by atoms with Crippen molar-refractivity contribution in [3.05, 3.63) is 66.0 Å². The number of benzene rings is 2. The molecule has 2 rings (SSSR count). The molecule has 0 aromatic heterocycles. The minimum atomic E-state index is -1.74. The summed E-state index contributed by atoms with van der Waals surface area (Å²) in [6.45, 7) is 4.41. The van der Waals surface area contributed by atoms with Gasteiger partial charge in [0, 0.05) is 0 Å². The topological polar surface area (TPSA) is 103 Å². The van der Waals surface area contributed by atoms with Gasteiger partial charge in [0.05, 0.1) is 24.9 Å². The van der Waals surface area contributed by atoms with Crippen LogP contribution >= 0.6 is 0 Å². The summed E-state index contributed by atoms with van der Waals surface area (Å²) in [5.41, 5.74) is -0.508. The van der Waals surface area contributed by atoms with E-state index in [2.05, 4.69) is 11.9 Å². The molecule has 0 spiro atoms. The molecule has 2 N–H and O–H groups in total. The molecule has 176 valence electrons. The zero-order valence-corrected chi connectivity index (χ0v) is 17.7. The van der Waals surface area contributed by atoms with Crippen molar-refractivity contribution < 1.29 is 41.8 Å². The maximum absolute atomic E-state index is 13.6. The fourth-order valence-electron chi connectivity index (χ4n) is 2.47. The van der Waals surface area contributed by atoms with Gasteiger partial charge in [0.15, 0.2) is 35.1 Å². The SMILES string of the molecule is C=CCOc1ccc(C(=O)OC(C)C(=O)NCC(=O)Nc2ccc(F)c(F)c2F)cc1OC. The van der Waals surface area contributed by atoms with Crippen LogP contribution in [0, 0.1) is 17.5 Å². The fourth-order valence-corrected chi connectivity index (χ4v) is 2.47. The third-order valence-corrected chi connectivity index (χ3v) is 4.14. The number of hydrogen-bond donors (Lipinski definition) is 2. The van der Waals surface area contributed by atoms with Crippen molar-refractivity contribution in [1.29, 1.82) is 0 Å². The Morgan fingerprint density at radius 1 is 1.09 bits per heavy atom. The lowest BCUT2D eigenvalue weighted by atomic mass is 10.2. The van der Waals surface area contributed by atoms with E-state index in [0.29, 0.717) is 11.8 Å². The van der Waals surface area contributed by atoms with Gasteiger partial charge in [-0.25, -0.2) is 18.0 Å². The number of halogens is 3. The lowest BCUT2D eigenvalue weighted by molar-refractivity contribution is -0.130. The summed E-state index contributed by atoms with van der Waals surface area (Å²) in [5, 5.41) is 4.18. The average Bonchev–Trinajstić information content (AvgIpc) is 2.81. The molecule has 0 bridgehead atoms. The van der Waals surface area contributed by atoms with Gasteiger partial charge in [0.2, 0.25) is 5.91 Å². The Hall–Kier alpha value is -4.02. The standard InChI is InChI=1S/C22H21F3N2O6/c1-4-9-32-16-8-5-13(10-17(16)31-3)22(30)33-12(2)21(29)26-11-18(28)27-15-7-6-14(23)19(24)20(15)25/h4-8,10,12H,1,9,11H2,2-3H3,(H,26,29)(H,27,28). The van der Waals surface area contributed by atoms with Crippen LogP contribution in [-0.2, 0) is 14.3 Å². The van der Waals surface area contributed by atoms with Gasteiger partial charge in [-0.2, -0.15) is 0 Å². The van der Waals surface area contributed by atoms with Crippen molar-refractivity contribution in [1.82, 2.24) is 5.32 Å². The van der Waals surface area contributed by atoms with Crippen molar-refractivity contribution in [3.63, 3.8) is 0 Å².